The Balaban J connectivity index is 1.93. The van der Waals surface area contributed by atoms with E-state index in [-0.39, 0.29) is 0 Å². The van der Waals surface area contributed by atoms with Gasteiger partial charge in [-0.2, -0.15) is 9.40 Å². The van der Waals surface area contributed by atoms with Gasteiger partial charge in [-0.1, -0.05) is 18.2 Å². The number of aromatic nitrogens is 2. The Bertz CT molecular complexity index is 747. The summed E-state index contributed by atoms with van der Waals surface area (Å²) in [6, 6.07) is 9.53. The monoisotopic (exact) mass is 320 g/mol. The van der Waals surface area contributed by atoms with Crippen LogP contribution < -0.4 is 0 Å². The molecule has 0 aliphatic carbocycles. The number of piperazine rings is 1. The summed E-state index contributed by atoms with van der Waals surface area (Å²) in [4.78, 5) is 2.42. The Labute approximate surface area is 131 Å². The van der Waals surface area contributed by atoms with Gasteiger partial charge in [0, 0.05) is 26.2 Å². The molecule has 22 heavy (non-hydrogen) atoms. The first-order valence-electron chi connectivity index (χ1n) is 7.29. The van der Waals surface area contributed by atoms with Crippen molar-refractivity contribution in [3.63, 3.8) is 0 Å². The summed E-state index contributed by atoms with van der Waals surface area (Å²) in [5.74, 6) is 0. The van der Waals surface area contributed by atoms with E-state index >= 15 is 0 Å². The zero-order valence-corrected chi connectivity index (χ0v) is 13.6. The highest BCUT2D eigenvalue weighted by atomic mass is 32.2. The maximum absolute atomic E-state index is 12.8. The van der Waals surface area contributed by atoms with Gasteiger partial charge in [0.15, 0.2) is 0 Å². The zero-order valence-electron chi connectivity index (χ0n) is 12.8. The van der Waals surface area contributed by atoms with Gasteiger partial charge in [-0.25, -0.2) is 13.1 Å². The fraction of sp³-hybridized carbons (Fsp3) is 0.400. The topological polar surface area (TPSA) is 58.4 Å². The van der Waals surface area contributed by atoms with Gasteiger partial charge in [0.1, 0.15) is 4.90 Å². The second-order valence-electron chi connectivity index (χ2n) is 5.57. The van der Waals surface area contributed by atoms with Crippen molar-refractivity contribution in [3.8, 4) is 5.69 Å². The Kier molecular flexibility index (Phi) is 4.03. The third-order valence-corrected chi connectivity index (χ3v) is 5.96. The summed E-state index contributed by atoms with van der Waals surface area (Å²) in [5, 5.41) is 4.36. The Morgan fingerprint density at radius 3 is 2.32 bits per heavy atom. The van der Waals surface area contributed by atoms with Crippen molar-refractivity contribution in [1.82, 2.24) is 19.0 Å². The van der Waals surface area contributed by atoms with E-state index in [2.05, 4.69) is 10.00 Å². The second kappa shape index (κ2) is 5.83. The van der Waals surface area contributed by atoms with E-state index in [1.54, 1.807) is 22.1 Å². The highest BCUT2D eigenvalue weighted by molar-refractivity contribution is 7.89. The van der Waals surface area contributed by atoms with Crippen LogP contribution in [0.25, 0.3) is 5.69 Å². The van der Waals surface area contributed by atoms with Crippen molar-refractivity contribution in [2.24, 2.45) is 0 Å². The van der Waals surface area contributed by atoms with Crippen LogP contribution in [0.1, 0.15) is 5.69 Å². The molecule has 0 unspecified atom stereocenters. The molecule has 3 rings (SSSR count). The lowest BCUT2D eigenvalue weighted by Gasteiger charge is -2.31. The number of hydrogen-bond acceptors (Lipinski definition) is 4. The molecule has 118 valence electrons. The lowest BCUT2D eigenvalue weighted by atomic mass is 10.3. The van der Waals surface area contributed by atoms with Crippen LogP contribution >= 0.6 is 0 Å². The van der Waals surface area contributed by atoms with Gasteiger partial charge in [-0.3, -0.25) is 0 Å². The number of rotatable bonds is 3. The van der Waals surface area contributed by atoms with Gasteiger partial charge >= 0.3 is 0 Å². The molecule has 0 amide bonds. The largest absolute Gasteiger partial charge is 0.304 e. The smallest absolute Gasteiger partial charge is 0.246 e. The molecule has 1 saturated heterocycles. The van der Waals surface area contributed by atoms with Crippen LogP contribution in [-0.4, -0.2) is 60.6 Å². The third-order valence-electron chi connectivity index (χ3n) is 3.95. The van der Waals surface area contributed by atoms with E-state index in [0.29, 0.717) is 23.7 Å². The molecule has 0 saturated carbocycles. The molecule has 6 nitrogen and oxygen atoms in total. The number of para-hydroxylation sites is 1. The quantitative estimate of drug-likeness (QED) is 0.850. The molecular formula is C15H20N4O2S. The highest BCUT2D eigenvalue weighted by Crippen LogP contribution is 2.21. The summed E-state index contributed by atoms with van der Waals surface area (Å²) >= 11 is 0. The molecule has 1 aromatic heterocycles. The number of likely N-dealkylation sites (N-methyl/N-ethyl adjacent to an activating group) is 1. The maximum atomic E-state index is 12.8. The summed E-state index contributed by atoms with van der Waals surface area (Å²) in [5.41, 5.74) is 1.38. The van der Waals surface area contributed by atoms with Crippen LogP contribution in [0.15, 0.2) is 41.4 Å². The normalized spacial score (nSPS) is 17.7. The van der Waals surface area contributed by atoms with Gasteiger partial charge in [0.05, 0.1) is 17.6 Å². The lowest BCUT2D eigenvalue weighted by Crippen LogP contribution is -2.47. The number of benzene rings is 1. The molecule has 0 spiro atoms. The highest BCUT2D eigenvalue weighted by Gasteiger charge is 2.30. The van der Waals surface area contributed by atoms with Gasteiger partial charge in [-0.05, 0) is 26.1 Å². The van der Waals surface area contributed by atoms with Crippen LogP contribution in [0.4, 0.5) is 0 Å². The average Bonchev–Trinajstić information content (AvgIpc) is 2.91. The molecule has 1 fully saturated rings. The van der Waals surface area contributed by atoms with Crippen molar-refractivity contribution in [2.75, 3.05) is 33.2 Å². The lowest BCUT2D eigenvalue weighted by molar-refractivity contribution is 0.222. The molecule has 2 aromatic rings. The SMILES string of the molecule is Cc1nn(-c2ccccc2)cc1S(=O)(=O)N1CCN(C)CC1. The van der Waals surface area contributed by atoms with Gasteiger partial charge < -0.3 is 4.90 Å². The van der Waals surface area contributed by atoms with E-state index in [1.165, 1.54) is 0 Å². The average molecular weight is 320 g/mol. The summed E-state index contributed by atoms with van der Waals surface area (Å²) in [7, 11) is -1.48. The van der Waals surface area contributed by atoms with Gasteiger partial charge in [0.25, 0.3) is 0 Å². The number of aryl methyl sites for hydroxylation is 1. The minimum atomic E-state index is -3.48. The number of nitrogens with zero attached hydrogens (tertiary/aromatic N) is 4. The van der Waals surface area contributed by atoms with Crippen molar-refractivity contribution in [2.45, 2.75) is 11.8 Å². The van der Waals surface area contributed by atoms with E-state index in [9.17, 15) is 8.42 Å². The summed E-state index contributed by atoms with van der Waals surface area (Å²) in [6.45, 7) is 4.29. The van der Waals surface area contributed by atoms with Gasteiger partial charge in [0.2, 0.25) is 10.0 Å². The van der Waals surface area contributed by atoms with E-state index in [0.717, 1.165) is 18.8 Å². The summed E-state index contributed by atoms with van der Waals surface area (Å²) in [6.07, 6.45) is 1.61. The minimum absolute atomic E-state index is 0.293. The van der Waals surface area contributed by atoms with Crippen LogP contribution in [0.3, 0.4) is 0 Å². The van der Waals surface area contributed by atoms with Crippen molar-refractivity contribution in [3.05, 3.63) is 42.2 Å². The number of sulfonamides is 1. The maximum Gasteiger partial charge on any atom is 0.246 e. The van der Waals surface area contributed by atoms with Gasteiger partial charge in [-0.15, -0.1) is 0 Å². The minimum Gasteiger partial charge on any atom is -0.304 e. The first-order valence-corrected chi connectivity index (χ1v) is 8.73. The molecule has 2 heterocycles. The molecule has 0 bridgehead atoms. The van der Waals surface area contributed by atoms with Crippen molar-refractivity contribution in [1.29, 1.82) is 0 Å². The first-order chi connectivity index (χ1) is 10.5. The first kappa shape index (κ1) is 15.2. The fourth-order valence-electron chi connectivity index (χ4n) is 2.58. The molecule has 0 atom stereocenters. The predicted molar refractivity (Wildman–Crippen MR) is 84.6 cm³/mol. The molecule has 0 radical (unpaired) electrons. The molecule has 1 aliphatic heterocycles. The standard InChI is InChI=1S/C15H20N4O2S/c1-13-15(12-19(16-13)14-6-4-3-5-7-14)22(20,21)18-10-8-17(2)9-11-18/h3-7,12H,8-11H2,1-2H3. The van der Waals surface area contributed by atoms with E-state index < -0.39 is 10.0 Å². The molecule has 1 aliphatic rings. The van der Waals surface area contributed by atoms with Crippen LogP contribution in [0.2, 0.25) is 0 Å². The predicted octanol–water partition coefficient (Wildman–Crippen LogP) is 1.12. The van der Waals surface area contributed by atoms with Crippen LogP contribution in [0, 0.1) is 6.92 Å². The van der Waals surface area contributed by atoms with E-state index in [4.69, 9.17) is 0 Å². The third kappa shape index (κ3) is 2.79. The Morgan fingerprint density at radius 1 is 1.05 bits per heavy atom. The van der Waals surface area contributed by atoms with Crippen molar-refractivity contribution >= 4 is 10.0 Å². The molecule has 0 N–H and O–H groups in total. The number of hydrogen-bond donors (Lipinski definition) is 0. The Morgan fingerprint density at radius 2 is 1.68 bits per heavy atom. The second-order valence-corrected chi connectivity index (χ2v) is 7.47. The molecule has 7 heteroatoms. The zero-order chi connectivity index (χ0) is 15.7. The van der Waals surface area contributed by atoms with Crippen LogP contribution in [-0.2, 0) is 10.0 Å². The Hall–Kier alpha value is -1.70. The fourth-order valence-corrected chi connectivity index (χ4v) is 4.15. The molecule has 1 aromatic carbocycles. The summed E-state index contributed by atoms with van der Waals surface area (Å²) < 4.78 is 28.8. The van der Waals surface area contributed by atoms with Crippen molar-refractivity contribution < 1.29 is 8.42 Å². The van der Waals surface area contributed by atoms with Crippen LogP contribution in [0.5, 0.6) is 0 Å². The molecular weight excluding hydrogens is 300 g/mol. The van der Waals surface area contributed by atoms with E-state index in [1.807, 2.05) is 37.4 Å².